The molecule has 0 spiro atoms. The molecule has 2 aromatic carbocycles. The summed E-state index contributed by atoms with van der Waals surface area (Å²) in [5, 5.41) is 3.31. The van der Waals surface area contributed by atoms with Gasteiger partial charge in [0.1, 0.15) is 11.6 Å². The Balaban J connectivity index is 0.00000280. The van der Waals surface area contributed by atoms with Gasteiger partial charge in [-0.05, 0) is 67.7 Å². The van der Waals surface area contributed by atoms with E-state index >= 15 is 0 Å². The molecule has 0 bridgehead atoms. The van der Waals surface area contributed by atoms with Gasteiger partial charge in [-0.1, -0.05) is 25.1 Å². The monoisotopic (exact) mass is 406 g/mol. The minimum absolute atomic E-state index is 0. The molecule has 28 heavy (non-hydrogen) atoms. The van der Waals surface area contributed by atoms with Crippen LogP contribution in [-0.4, -0.2) is 43.6 Å². The Labute approximate surface area is 172 Å². The highest BCUT2D eigenvalue weighted by atomic mass is 35.5. The molecular weight excluding hydrogens is 379 g/mol. The van der Waals surface area contributed by atoms with Crippen LogP contribution < -0.4 is 10.1 Å². The zero-order chi connectivity index (χ0) is 19.2. The van der Waals surface area contributed by atoms with Gasteiger partial charge in [-0.3, -0.25) is 4.79 Å². The highest BCUT2D eigenvalue weighted by Gasteiger charge is 2.27. The number of amides is 1. The molecule has 0 aromatic heterocycles. The van der Waals surface area contributed by atoms with Crippen molar-refractivity contribution in [3.8, 4) is 16.9 Å². The number of carbonyl (C=O) groups excluding carboxylic acids is 1. The van der Waals surface area contributed by atoms with Gasteiger partial charge in [0.25, 0.3) is 5.91 Å². The summed E-state index contributed by atoms with van der Waals surface area (Å²) in [6, 6.07) is 12.5. The number of rotatable bonds is 6. The molecule has 1 saturated heterocycles. The maximum absolute atomic E-state index is 14.8. The Morgan fingerprint density at radius 2 is 1.79 bits per heavy atom. The standard InChI is InChI=1S/C22H27FN2O2.ClH/c1-3-14-25(18-10-12-24-13-11-18)22(26)20-9-6-17(15-21(20)23)16-4-7-19(27-2)8-5-16;/h4-9,15,18,24H,3,10-14H2,1-2H3;1H. The number of carbonyl (C=O) groups is 1. The molecule has 1 aliphatic heterocycles. The fourth-order valence-electron chi connectivity index (χ4n) is 3.62. The molecule has 0 saturated carbocycles. The number of ether oxygens (including phenoxy) is 1. The van der Waals surface area contributed by atoms with Crippen LogP contribution in [0.1, 0.15) is 36.5 Å². The molecule has 1 amide bonds. The summed E-state index contributed by atoms with van der Waals surface area (Å²) in [4.78, 5) is 14.9. The number of hydrogen-bond donors (Lipinski definition) is 1. The molecule has 1 aliphatic rings. The third-order valence-electron chi connectivity index (χ3n) is 5.10. The molecule has 0 radical (unpaired) electrons. The van der Waals surface area contributed by atoms with Crippen LogP contribution in [-0.2, 0) is 0 Å². The quantitative estimate of drug-likeness (QED) is 0.766. The third-order valence-corrected chi connectivity index (χ3v) is 5.10. The number of nitrogens with one attached hydrogen (secondary N) is 1. The summed E-state index contributed by atoms with van der Waals surface area (Å²) in [5.41, 5.74) is 1.78. The molecule has 3 rings (SSSR count). The van der Waals surface area contributed by atoms with Crippen LogP contribution >= 0.6 is 12.4 Å². The summed E-state index contributed by atoms with van der Waals surface area (Å²) >= 11 is 0. The number of nitrogens with zero attached hydrogens (tertiary/aromatic N) is 1. The van der Waals surface area contributed by atoms with Crippen molar-refractivity contribution in [2.45, 2.75) is 32.2 Å². The van der Waals surface area contributed by atoms with Crippen LogP contribution in [0.25, 0.3) is 11.1 Å². The summed E-state index contributed by atoms with van der Waals surface area (Å²) in [6.07, 6.45) is 2.69. The van der Waals surface area contributed by atoms with Crippen molar-refractivity contribution in [2.75, 3.05) is 26.7 Å². The van der Waals surface area contributed by atoms with Crippen molar-refractivity contribution in [3.63, 3.8) is 0 Å². The first-order valence-electron chi connectivity index (χ1n) is 9.59. The van der Waals surface area contributed by atoms with Gasteiger partial charge in [0.2, 0.25) is 0 Å². The van der Waals surface area contributed by atoms with E-state index in [1.165, 1.54) is 6.07 Å². The Kier molecular flexibility index (Phi) is 8.27. The van der Waals surface area contributed by atoms with Crippen molar-refractivity contribution >= 4 is 18.3 Å². The lowest BCUT2D eigenvalue weighted by Crippen LogP contribution is -2.46. The molecule has 0 atom stereocenters. The van der Waals surface area contributed by atoms with E-state index in [1.807, 2.05) is 42.2 Å². The maximum Gasteiger partial charge on any atom is 0.257 e. The minimum atomic E-state index is -0.469. The number of benzene rings is 2. The lowest BCUT2D eigenvalue weighted by Gasteiger charge is -2.34. The topological polar surface area (TPSA) is 41.6 Å². The highest BCUT2D eigenvalue weighted by Crippen LogP contribution is 2.26. The molecule has 0 aliphatic carbocycles. The minimum Gasteiger partial charge on any atom is -0.497 e. The maximum atomic E-state index is 14.8. The number of halogens is 2. The molecule has 4 nitrogen and oxygen atoms in total. The van der Waals surface area contributed by atoms with Crippen molar-refractivity contribution in [1.82, 2.24) is 10.2 Å². The molecule has 152 valence electrons. The molecule has 0 unspecified atom stereocenters. The fourth-order valence-corrected chi connectivity index (χ4v) is 3.62. The summed E-state index contributed by atoms with van der Waals surface area (Å²) in [7, 11) is 1.61. The summed E-state index contributed by atoms with van der Waals surface area (Å²) in [6.45, 7) is 4.50. The van der Waals surface area contributed by atoms with Crippen LogP contribution in [0, 0.1) is 5.82 Å². The smallest absolute Gasteiger partial charge is 0.257 e. The van der Waals surface area contributed by atoms with Crippen molar-refractivity contribution in [2.24, 2.45) is 0 Å². The second-order valence-corrected chi connectivity index (χ2v) is 6.90. The number of methoxy groups -OCH3 is 1. The molecule has 6 heteroatoms. The van der Waals surface area contributed by atoms with E-state index in [0.717, 1.165) is 49.2 Å². The SMILES string of the molecule is CCCN(C(=O)c1ccc(-c2ccc(OC)cc2)cc1F)C1CCNCC1.Cl. The zero-order valence-electron chi connectivity index (χ0n) is 16.4. The second kappa shape index (κ2) is 10.4. The number of piperidine rings is 1. The fraction of sp³-hybridized carbons (Fsp3) is 0.409. The van der Waals surface area contributed by atoms with Crippen LogP contribution in [0.4, 0.5) is 4.39 Å². The zero-order valence-corrected chi connectivity index (χ0v) is 17.2. The molecular formula is C22H28ClFN2O2. The first-order chi connectivity index (χ1) is 13.1. The Morgan fingerprint density at radius 3 is 2.36 bits per heavy atom. The predicted molar refractivity (Wildman–Crippen MR) is 113 cm³/mol. The molecule has 2 aromatic rings. The summed E-state index contributed by atoms with van der Waals surface area (Å²) < 4.78 is 20.0. The van der Waals surface area contributed by atoms with Gasteiger partial charge in [0.15, 0.2) is 0 Å². The van der Waals surface area contributed by atoms with Gasteiger partial charge in [0.05, 0.1) is 12.7 Å². The van der Waals surface area contributed by atoms with E-state index in [-0.39, 0.29) is 29.9 Å². The van der Waals surface area contributed by atoms with Gasteiger partial charge in [-0.25, -0.2) is 4.39 Å². The highest BCUT2D eigenvalue weighted by molar-refractivity contribution is 5.95. The van der Waals surface area contributed by atoms with Gasteiger partial charge in [0, 0.05) is 12.6 Å². The average molecular weight is 407 g/mol. The second-order valence-electron chi connectivity index (χ2n) is 6.90. The predicted octanol–water partition coefficient (Wildman–Crippen LogP) is 4.53. The molecule has 1 heterocycles. The lowest BCUT2D eigenvalue weighted by atomic mass is 10.0. The van der Waals surface area contributed by atoms with E-state index in [1.54, 1.807) is 13.2 Å². The lowest BCUT2D eigenvalue weighted by molar-refractivity contribution is 0.0638. The Morgan fingerprint density at radius 1 is 1.14 bits per heavy atom. The largest absolute Gasteiger partial charge is 0.497 e. The molecule has 1 fully saturated rings. The van der Waals surface area contributed by atoms with E-state index in [0.29, 0.717) is 6.54 Å². The third kappa shape index (κ3) is 5.03. The van der Waals surface area contributed by atoms with Gasteiger partial charge in [-0.2, -0.15) is 0 Å². The van der Waals surface area contributed by atoms with E-state index in [4.69, 9.17) is 4.74 Å². The average Bonchev–Trinajstić information content (AvgIpc) is 2.72. The van der Waals surface area contributed by atoms with E-state index in [2.05, 4.69) is 5.32 Å². The van der Waals surface area contributed by atoms with Gasteiger partial charge >= 0.3 is 0 Å². The molecule has 1 N–H and O–H groups in total. The van der Waals surface area contributed by atoms with E-state index in [9.17, 15) is 9.18 Å². The van der Waals surface area contributed by atoms with Crippen LogP contribution in [0.5, 0.6) is 5.75 Å². The van der Waals surface area contributed by atoms with Crippen LogP contribution in [0.15, 0.2) is 42.5 Å². The van der Waals surface area contributed by atoms with Crippen molar-refractivity contribution < 1.29 is 13.9 Å². The van der Waals surface area contributed by atoms with E-state index < -0.39 is 5.82 Å². The van der Waals surface area contributed by atoms with Gasteiger partial charge in [-0.15, -0.1) is 12.4 Å². The van der Waals surface area contributed by atoms with Crippen LogP contribution in [0.3, 0.4) is 0 Å². The van der Waals surface area contributed by atoms with Crippen LogP contribution in [0.2, 0.25) is 0 Å². The summed E-state index contributed by atoms with van der Waals surface area (Å²) in [5.74, 6) is 0.0779. The first kappa shape index (κ1) is 22.2. The van der Waals surface area contributed by atoms with Crippen molar-refractivity contribution in [3.05, 3.63) is 53.8 Å². The normalized spacial score (nSPS) is 14.2. The van der Waals surface area contributed by atoms with Crippen molar-refractivity contribution in [1.29, 1.82) is 0 Å². The van der Waals surface area contributed by atoms with Gasteiger partial charge < -0.3 is 15.0 Å². The Bertz CT molecular complexity index is 777. The first-order valence-corrected chi connectivity index (χ1v) is 9.59. The number of hydrogen-bond acceptors (Lipinski definition) is 3. The Hall–Kier alpha value is -2.11.